The standard InChI is InChI=1S/3C15H24/c3*1-12(2)6-5-7-14(4)15-10-8-13(3)9-11-15/h6,8H,5,7,9-11H2,1-4H3;6-8,15H,5,9-11H2,1-4H3;6,8,15H,4-5,7,9-11H2,1-3H3/b15-14-;14-7-;. The average molecular weight is 613 g/mol. The van der Waals surface area contributed by atoms with Crippen LogP contribution in [0, 0.1) is 11.8 Å². The fraction of sp³-hybridized carbons (Fsp3) is 0.600. The highest BCUT2D eigenvalue weighted by molar-refractivity contribution is 5.23. The van der Waals surface area contributed by atoms with Gasteiger partial charge in [-0.15, -0.1) is 0 Å². The van der Waals surface area contributed by atoms with Gasteiger partial charge in [-0.2, -0.15) is 0 Å². The Morgan fingerprint density at radius 1 is 0.622 bits per heavy atom. The second-order valence-corrected chi connectivity index (χ2v) is 14.9. The number of rotatable bonds is 10. The van der Waals surface area contributed by atoms with Gasteiger partial charge in [-0.25, -0.2) is 0 Å². The summed E-state index contributed by atoms with van der Waals surface area (Å²) in [6.45, 7) is 28.6. The molecule has 2 atom stereocenters. The molecule has 0 bridgehead atoms. The Hall–Kier alpha value is -2.34. The van der Waals surface area contributed by atoms with Crippen molar-refractivity contribution < 1.29 is 0 Å². The molecule has 2 unspecified atom stereocenters. The van der Waals surface area contributed by atoms with Crippen LogP contribution in [0.15, 0.2) is 105 Å². The molecule has 0 radical (unpaired) electrons. The van der Waals surface area contributed by atoms with E-state index in [1.165, 1.54) is 106 Å². The lowest BCUT2D eigenvalue weighted by molar-refractivity contribution is 0.524. The molecule has 0 amide bonds. The van der Waals surface area contributed by atoms with Crippen LogP contribution in [0.4, 0.5) is 0 Å². The molecule has 0 nitrogen and oxygen atoms in total. The number of allylic oxidation sites excluding steroid dienone is 17. The largest absolute Gasteiger partial charge is 0.0996 e. The van der Waals surface area contributed by atoms with Crippen molar-refractivity contribution in [2.45, 2.75) is 166 Å². The van der Waals surface area contributed by atoms with E-state index in [0.717, 1.165) is 18.3 Å². The molecule has 0 saturated carbocycles. The summed E-state index contributed by atoms with van der Waals surface area (Å²) in [4.78, 5) is 0. The summed E-state index contributed by atoms with van der Waals surface area (Å²) in [6, 6.07) is 0. The maximum Gasteiger partial charge on any atom is -0.0134 e. The first-order valence-corrected chi connectivity index (χ1v) is 18.2. The topological polar surface area (TPSA) is 0 Å². The van der Waals surface area contributed by atoms with Crippen LogP contribution in [0.5, 0.6) is 0 Å². The Bertz CT molecular complexity index is 1150. The summed E-state index contributed by atoms with van der Waals surface area (Å²) < 4.78 is 0. The van der Waals surface area contributed by atoms with Crippen molar-refractivity contribution in [1.82, 2.24) is 0 Å². The highest BCUT2D eigenvalue weighted by atomic mass is 14.2. The van der Waals surface area contributed by atoms with Gasteiger partial charge >= 0.3 is 0 Å². The molecule has 0 spiro atoms. The van der Waals surface area contributed by atoms with Crippen molar-refractivity contribution in [3.63, 3.8) is 0 Å². The van der Waals surface area contributed by atoms with E-state index < -0.39 is 0 Å². The smallest absolute Gasteiger partial charge is 0.0134 e. The monoisotopic (exact) mass is 613 g/mol. The predicted molar refractivity (Wildman–Crippen MR) is 207 cm³/mol. The van der Waals surface area contributed by atoms with Gasteiger partial charge in [-0.3, -0.25) is 0 Å². The van der Waals surface area contributed by atoms with Gasteiger partial charge in [0.2, 0.25) is 0 Å². The summed E-state index contributed by atoms with van der Waals surface area (Å²) in [7, 11) is 0. The van der Waals surface area contributed by atoms with E-state index in [1.54, 1.807) is 33.4 Å². The minimum absolute atomic E-state index is 0.749. The van der Waals surface area contributed by atoms with E-state index >= 15 is 0 Å². The Labute approximate surface area is 282 Å². The van der Waals surface area contributed by atoms with Crippen LogP contribution in [-0.2, 0) is 0 Å². The van der Waals surface area contributed by atoms with E-state index in [-0.39, 0.29) is 0 Å². The van der Waals surface area contributed by atoms with Crippen molar-refractivity contribution in [2.75, 3.05) is 0 Å². The number of hydrogen-bond donors (Lipinski definition) is 0. The third kappa shape index (κ3) is 19.7. The van der Waals surface area contributed by atoms with Gasteiger partial charge in [-0.05, 0) is 178 Å². The van der Waals surface area contributed by atoms with Crippen molar-refractivity contribution in [3.8, 4) is 0 Å². The minimum Gasteiger partial charge on any atom is -0.0996 e. The lowest BCUT2D eigenvalue weighted by atomic mass is 9.84. The molecule has 0 saturated heterocycles. The first-order chi connectivity index (χ1) is 21.3. The molecule has 0 aromatic carbocycles. The number of hydrogen-bond acceptors (Lipinski definition) is 0. The molecule has 0 N–H and O–H groups in total. The van der Waals surface area contributed by atoms with Gasteiger partial charge in [-0.1, -0.05) is 105 Å². The minimum atomic E-state index is 0.749. The van der Waals surface area contributed by atoms with Gasteiger partial charge < -0.3 is 0 Å². The molecule has 3 rings (SSSR count). The van der Waals surface area contributed by atoms with Gasteiger partial charge in [0.15, 0.2) is 0 Å². The van der Waals surface area contributed by atoms with Crippen molar-refractivity contribution in [2.24, 2.45) is 11.8 Å². The summed E-state index contributed by atoms with van der Waals surface area (Å²) in [6.07, 6.45) is 33.9. The average Bonchev–Trinajstić information content (AvgIpc) is 2.98. The van der Waals surface area contributed by atoms with Gasteiger partial charge in [0.05, 0.1) is 0 Å². The molecule has 0 aromatic rings. The van der Waals surface area contributed by atoms with Gasteiger partial charge in [0, 0.05) is 0 Å². The molecule has 0 aliphatic heterocycles. The van der Waals surface area contributed by atoms with Gasteiger partial charge in [0.1, 0.15) is 0 Å². The van der Waals surface area contributed by atoms with Crippen LogP contribution < -0.4 is 0 Å². The van der Waals surface area contributed by atoms with E-state index in [2.05, 4.69) is 125 Å². The molecule has 0 fully saturated rings. The predicted octanol–water partition coefficient (Wildman–Crippen LogP) is 15.3. The zero-order valence-electron chi connectivity index (χ0n) is 31.8. The SMILES string of the molecule is C=C(CCC=C(C)C)C1CC=C(C)CC1.CC(C)=CC/C=C(/C)C1CC=C(C)CC1.CC(C)=CCC/C(C)=C1/CC=C(C)CC1. The van der Waals surface area contributed by atoms with E-state index in [4.69, 9.17) is 0 Å². The van der Waals surface area contributed by atoms with E-state index in [1.807, 2.05) is 0 Å². The van der Waals surface area contributed by atoms with E-state index in [0.29, 0.717) is 0 Å². The fourth-order valence-corrected chi connectivity index (χ4v) is 6.10. The molecule has 252 valence electrons. The fourth-order valence-electron chi connectivity index (χ4n) is 6.10. The Kier molecular flexibility index (Phi) is 20.8. The summed E-state index contributed by atoms with van der Waals surface area (Å²) in [5, 5.41) is 0. The zero-order valence-corrected chi connectivity index (χ0v) is 31.8. The Morgan fingerprint density at radius 3 is 1.60 bits per heavy atom. The zero-order chi connectivity index (χ0) is 33.8. The van der Waals surface area contributed by atoms with Crippen LogP contribution in [0.3, 0.4) is 0 Å². The molecule has 45 heavy (non-hydrogen) atoms. The maximum atomic E-state index is 4.24. The highest BCUT2D eigenvalue weighted by Crippen LogP contribution is 2.31. The van der Waals surface area contributed by atoms with Gasteiger partial charge in [0.25, 0.3) is 0 Å². The third-order valence-corrected chi connectivity index (χ3v) is 9.67. The Morgan fingerprint density at radius 2 is 1.13 bits per heavy atom. The first kappa shape index (κ1) is 40.7. The quantitative estimate of drug-likeness (QED) is 0.215. The molecule has 3 aliphatic carbocycles. The van der Waals surface area contributed by atoms with Crippen molar-refractivity contribution in [3.05, 3.63) is 105 Å². The maximum absolute atomic E-state index is 4.24. The Balaban J connectivity index is 0.000000337. The molecule has 0 heteroatoms. The van der Waals surface area contributed by atoms with E-state index in [9.17, 15) is 0 Å². The van der Waals surface area contributed by atoms with Crippen LogP contribution in [0.1, 0.15) is 166 Å². The lowest BCUT2D eigenvalue weighted by Gasteiger charge is -2.22. The van der Waals surface area contributed by atoms with Crippen molar-refractivity contribution in [1.29, 1.82) is 0 Å². The second-order valence-electron chi connectivity index (χ2n) is 14.9. The molecular weight excluding hydrogens is 540 g/mol. The van der Waals surface area contributed by atoms with Crippen LogP contribution >= 0.6 is 0 Å². The summed E-state index contributed by atoms with van der Waals surface area (Å²) >= 11 is 0. The van der Waals surface area contributed by atoms with Crippen LogP contribution in [0.2, 0.25) is 0 Å². The second kappa shape index (κ2) is 23.1. The van der Waals surface area contributed by atoms with Crippen molar-refractivity contribution >= 4 is 0 Å². The summed E-state index contributed by atoms with van der Waals surface area (Å²) in [5.74, 6) is 1.55. The van der Waals surface area contributed by atoms with Crippen LogP contribution in [-0.4, -0.2) is 0 Å². The summed E-state index contributed by atoms with van der Waals surface area (Å²) in [5.41, 5.74) is 15.3. The molecule has 3 aliphatic rings. The normalized spacial score (nSPS) is 20.9. The first-order valence-electron chi connectivity index (χ1n) is 18.2. The highest BCUT2D eigenvalue weighted by Gasteiger charge is 2.15. The lowest BCUT2D eigenvalue weighted by Crippen LogP contribution is -2.07. The van der Waals surface area contributed by atoms with Crippen LogP contribution in [0.25, 0.3) is 0 Å². The molecular formula is C45H72. The third-order valence-electron chi connectivity index (χ3n) is 9.67. The molecule has 0 aromatic heterocycles. The molecule has 0 heterocycles.